The van der Waals surface area contributed by atoms with Gasteiger partial charge < -0.3 is 14.8 Å². The van der Waals surface area contributed by atoms with E-state index in [1.54, 1.807) is 62.4 Å². The van der Waals surface area contributed by atoms with E-state index in [9.17, 15) is 35.5 Å². The van der Waals surface area contributed by atoms with Gasteiger partial charge in [0.2, 0.25) is 6.41 Å². The van der Waals surface area contributed by atoms with E-state index >= 15 is 0 Å². The van der Waals surface area contributed by atoms with Gasteiger partial charge in [0, 0.05) is 12.8 Å². The van der Waals surface area contributed by atoms with E-state index in [1.165, 1.54) is 24.3 Å². The Morgan fingerprint density at radius 1 is 0.956 bits per heavy atom. The molecule has 1 N–H and O–H groups in total. The van der Waals surface area contributed by atoms with Gasteiger partial charge in [-0.2, -0.15) is 17.6 Å². The van der Waals surface area contributed by atoms with E-state index in [0.29, 0.717) is 18.0 Å². The Balaban J connectivity index is 0.000000991. The molecule has 1 aliphatic rings. The average molecular weight is 650 g/mol. The Bertz CT molecular complexity index is 1400. The Morgan fingerprint density at radius 2 is 1.56 bits per heavy atom. The molecule has 3 aromatic carbocycles. The first-order chi connectivity index (χ1) is 20.4. The second-order valence-corrected chi connectivity index (χ2v) is 9.86. The van der Waals surface area contributed by atoms with E-state index in [-0.39, 0.29) is 45.0 Å². The van der Waals surface area contributed by atoms with Crippen LogP contribution in [0.2, 0.25) is 0 Å². The minimum absolute atomic E-state index is 0. The van der Waals surface area contributed by atoms with Crippen molar-refractivity contribution in [3.63, 3.8) is 0 Å². The van der Waals surface area contributed by atoms with Crippen molar-refractivity contribution in [2.75, 3.05) is 0 Å². The van der Waals surface area contributed by atoms with Crippen LogP contribution in [-0.4, -0.2) is 31.2 Å². The highest BCUT2D eigenvalue weighted by Gasteiger charge is 2.46. The zero-order valence-electron chi connectivity index (χ0n) is 24.1. The predicted molar refractivity (Wildman–Crippen MR) is 152 cm³/mol. The van der Waals surface area contributed by atoms with Gasteiger partial charge in [-0.15, -0.1) is 0 Å². The van der Waals surface area contributed by atoms with E-state index in [4.69, 9.17) is 4.74 Å². The summed E-state index contributed by atoms with van der Waals surface area (Å²) in [5, 5.41) is 2.65. The first kappa shape index (κ1) is 38.6. The molecular formula is C32H32F9NO3. The molecule has 4 rings (SSSR count). The van der Waals surface area contributed by atoms with Crippen molar-refractivity contribution >= 4 is 6.41 Å². The van der Waals surface area contributed by atoms with Gasteiger partial charge in [0.1, 0.15) is 17.7 Å². The molecule has 0 aromatic heterocycles. The smallest absolute Gasteiger partial charge is 0.461 e. The van der Waals surface area contributed by atoms with Crippen molar-refractivity contribution < 1.29 is 54.4 Å². The number of carbonyl (C=O) groups is 1. The summed E-state index contributed by atoms with van der Waals surface area (Å²) in [6.07, 6.45) is -9.68. The van der Waals surface area contributed by atoms with Crippen LogP contribution in [0.4, 0.5) is 40.1 Å². The molecule has 1 unspecified atom stereocenters. The van der Waals surface area contributed by atoms with Crippen molar-refractivity contribution in [3.8, 4) is 5.75 Å². The molecule has 0 radical (unpaired) electrons. The van der Waals surface area contributed by atoms with Crippen LogP contribution in [0.15, 0.2) is 102 Å². The third-order valence-electron chi connectivity index (χ3n) is 6.27. The second-order valence-electron chi connectivity index (χ2n) is 9.86. The SMILES string of the molecule is CC(C)Oc1cc([C@@](Cc2ccccc2)(NC=O)C2=CC(OC(F)(F)C(F)F)=CC(F)C2)ccc1F.F.F.Fc1ccccc1. The van der Waals surface area contributed by atoms with Gasteiger partial charge in [0.25, 0.3) is 0 Å². The standard InChI is InChI=1S/C26H25F6NO3.C6H5F.2FH/c1-16(2)35-23-12-18(8-9-22(23)28)25(33-15-34,14-17-6-4-3-5-7-17)19-10-20(27)13-21(11-19)36-26(31,32)24(29)30;7-6-4-2-1-3-5-6;;/h3-9,11-13,15-16,20,24H,10,14H2,1-2H3,(H,33,34);1-5H;2*1H/t20?,25-;;;/m1.../s1. The van der Waals surface area contributed by atoms with Crippen LogP contribution in [0.3, 0.4) is 0 Å². The zero-order chi connectivity index (χ0) is 31.6. The lowest BCUT2D eigenvalue weighted by atomic mass is 9.74. The Labute approximate surface area is 254 Å². The summed E-state index contributed by atoms with van der Waals surface area (Å²) < 4.78 is 104. The van der Waals surface area contributed by atoms with Crippen LogP contribution in [0.25, 0.3) is 0 Å². The molecule has 3 aromatic rings. The van der Waals surface area contributed by atoms with Crippen molar-refractivity contribution in [2.24, 2.45) is 0 Å². The predicted octanol–water partition coefficient (Wildman–Crippen LogP) is 8.35. The van der Waals surface area contributed by atoms with Crippen LogP contribution in [0.1, 0.15) is 31.4 Å². The molecule has 1 aliphatic carbocycles. The Hall–Kier alpha value is -4.42. The van der Waals surface area contributed by atoms with Gasteiger partial charge in [-0.25, -0.2) is 13.2 Å². The fraction of sp³-hybridized carbons (Fsp3) is 0.281. The number of carbonyl (C=O) groups excluding carboxylic acids is 1. The number of hydrogen-bond donors (Lipinski definition) is 1. The summed E-state index contributed by atoms with van der Waals surface area (Å²) in [5.74, 6) is -1.83. The maximum absolute atomic E-state index is 14.8. The number of benzene rings is 3. The van der Waals surface area contributed by atoms with E-state index in [1.807, 2.05) is 0 Å². The highest BCUT2D eigenvalue weighted by atomic mass is 19.3. The van der Waals surface area contributed by atoms with E-state index in [2.05, 4.69) is 10.1 Å². The lowest BCUT2D eigenvalue weighted by Gasteiger charge is -2.39. The van der Waals surface area contributed by atoms with Crippen LogP contribution >= 0.6 is 0 Å². The molecule has 0 heterocycles. The average Bonchev–Trinajstić information content (AvgIpc) is 2.94. The number of hydrogen-bond acceptors (Lipinski definition) is 3. The lowest BCUT2D eigenvalue weighted by Crippen LogP contribution is -2.46. The van der Waals surface area contributed by atoms with Gasteiger partial charge in [-0.3, -0.25) is 14.2 Å². The monoisotopic (exact) mass is 649 g/mol. The van der Waals surface area contributed by atoms with Crippen molar-refractivity contribution in [1.29, 1.82) is 0 Å². The second kappa shape index (κ2) is 17.2. The summed E-state index contributed by atoms with van der Waals surface area (Å²) in [6, 6.07) is 20.4. The number of halogens is 9. The van der Waals surface area contributed by atoms with Gasteiger partial charge in [0.05, 0.1) is 11.6 Å². The molecular weight excluding hydrogens is 617 g/mol. The number of alkyl halides is 5. The maximum Gasteiger partial charge on any atom is 0.461 e. The first-order valence-corrected chi connectivity index (χ1v) is 13.2. The fourth-order valence-electron chi connectivity index (χ4n) is 4.45. The molecule has 0 aliphatic heterocycles. The Morgan fingerprint density at radius 3 is 2.07 bits per heavy atom. The summed E-state index contributed by atoms with van der Waals surface area (Å²) in [7, 11) is 0. The number of allylic oxidation sites excluding steroid dienone is 2. The van der Waals surface area contributed by atoms with Crippen LogP contribution < -0.4 is 10.1 Å². The summed E-state index contributed by atoms with van der Waals surface area (Å²) in [4.78, 5) is 11.8. The van der Waals surface area contributed by atoms with E-state index < -0.39 is 41.9 Å². The third kappa shape index (κ3) is 10.6. The maximum atomic E-state index is 14.8. The Kier molecular flexibility index (Phi) is 14.7. The van der Waals surface area contributed by atoms with Gasteiger partial charge >= 0.3 is 12.5 Å². The fourth-order valence-corrected chi connectivity index (χ4v) is 4.45. The quantitative estimate of drug-likeness (QED) is 0.168. The lowest BCUT2D eigenvalue weighted by molar-refractivity contribution is -0.280. The number of rotatable bonds is 11. The highest BCUT2D eigenvalue weighted by molar-refractivity contribution is 5.56. The largest absolute Gasteiger partial charge is 0.488 e. The number of amides is 1. The topological polar surface area (TPSA) is 47.6 Å². The van der Waals surface area contributed by atoms with Crippen LogP contribution in [0, 0.1) is 11.6 Å². The van der Waals surface area contributed by atoms with Crippen LogP contribution in [0.5, 0.6) is 5.75 Å². The zero-order valence-corrected chi connectivity index (χ0v) is 24.1. The normalized spacial score (nSPS) is 15.6. The molecule has 246 valence electrons. The number of ether oxygens (including phenoxy) is 2. The van der Waals surface area contributed by atoms with Crippen molar-refractivity contribution in [1.82, 2.24) is 5.32 Å². The molecule has 2 atom stereocenters. The number of nitrogens with one attached hydrogen (secondary N) is 1. The molecule has 0 saturated carbocycles. The molecule has 0 saturated heterocycles. The minimum atomic E-state index is -4.86. The highest BCUT2D eigenvalue weighted by Crippen LogP contribution is 2.42. The third-order valence-corrected chi connectivity index (χ3v) is 6.27. The minimum Gasteiger partial charge on any atom is -0.488 e. The molecule has 13 heteroatoms. The van der Waals surface area contributed by atoms with E-state index in [0.717, 1.165) is 12.1 Å². The molecule has 0 spiro atoms. The molecule has 0 bridgehead atoms. The summed E-state index contributed by atoms with van der Waals surface area (Å²) >= 11 is 0. The summed E-state index contributed by atoms with van der Waals surface area (Å²) in [6.45, 7) is 3.37. The van der Waals surface area contributed by atoms with Crippen molar-refractivity contribution in [3.05, 3.63) is 125 Å². The molecule has 1 amide bonds. The van der Waals surface area contributed by atoms with Gasteiger partial charge in [0.15, 0.2) is 11.6 Å². The van der Waals surface area contributed by atoms with Gasteiger partial charge in [-0.05, 0) is 67.0 Å². The molecule has 0 fully saturated rings. The molecule has 4 nitrogen and oxygen atoms in total. The summed E-state index contributed by atoms with van der Waals surface area (Å²) in [5.41, 5.74) is -0.612. The molecule has 45 heavy (non-hydrogen) atoms. The van der Waals surface area contributed by atoms with Gasteiger partial charge in [-0.1, -0.05) is 54.6 Å². The van der Waals surface area contributed by atoms with Crippen LogP contribution in [-0.2, 0) is 21.5 Å². The van der Waals surface area contributed by atoms with Crippen molar-refractivity contribution in [2.45, 2.75) is 57.0 Å². The first-order valence-electron chi connectivity index (χ1n) is 13.2.